The van der Waals surface area contributed by atoms with Crippen LogP contribution in [0.3, 0.4) is 0 Å². The number of allylic oxidation sites excluding steroid dienone is 1. The summed E-state index contributed by atoms with van der Waals surface area (Å²) in [5.74, 6) is 0. The highest BCUT2D eigenvalue weighted by Gasteiger charge is 1.73. The number of hydrogen-bond donors (Lipinski definition) is 0. The van der Waals surface area contributed by atoms with Crippen molar-refractivity contribution in [2.75, 3.05) is 0 Å². The van der Waals surface area contributed by atoms with Crippen LogP contribution >= 0.6 is 0 Å². The first-order valence-corrected chi connectivity index (χ1v) is 2.02. The van der Waals surface area contributed by atoms with Crippen LogP contribution in [0.25, 0.3) is 0 Å². The summed E-state index contributed by atoms with van der Waals surface area (Å²) in [6.45, 7) is 3.39. The summed E-state index contributed by atoms with van der Waals surface area (Å²) in [5, 5.41) is 2.60. The van der Waals surface area contributed by atoms with E-state index >= 15 is 0 Å². The SMILES string of the molecule is CC=C=C(C)N=O. The lowest BCUT2D eigenvalue weighted by Crippen LogP contribution is -1.54. The number of nitrogens with zero attached hydrogens (tertiary/aromatic N) is 1. The summed E-state index contributed by atoms with van der Waals surface area (Å²) >= 11 is 0. The van der Waals surface area contributed by atoms with Crippen molar-refractivity contribution in [3.8, 4) is 0 Å². The van der Waals surface area contributed by atoms with Crippen LogP contribution in [0.1, 0.15) is 13.8 Å². The van der Waals surface area contributed by atoms with E-state index in [4.69, 9.17) is 0 Å². The highest BCUT2D eigenvalue weighted by Crippen LogP contribution is 1.86. The largest absolute Gasteiger partial charge is 0.144 e. The third kappa shape index (κ3) is 2.94. The third-order valence-corrected chi connectivity index (χ3v) is 0.490. The standard InChI is InChI=1S/C5H7NO/c1-3-4-5(2)6-7/h3H,1-2H3. The maximum absolute atomic E-state index is 9.53. The van der Waals surface area contributed by atoms with Gasteiger partial charge in [-0.3, -0.25) is 0 Å². The summed E-state index contributed by atoms with van der Waals surface area (Å²) in [4.78, 5) is 9.53. The first-order valence-electron chi connectivity index (χ1n) is 2.02. The average molecular weight is 97.1 g/mol. The second kappa shape index (κ2) is 3.32. The van der Waals surface area contributed by atoms with E-state index < -0.39 is 0 Å². The highest BCUT2D eigenvalue weighted by molar-refractivity contribution is 4.93. The molecule has 0 amide bonds. The smallest absolute Gasteiger partial charge is 0.123 e. The normalized spacial score (nSPS) is 6.57. The van der Waals surface area contributed by atoms with Crippen molar-refractivity contribution in [1.29, 1.82) is 0 Å². The zero-order chi connectivity index (χ0) is 5.70. The molecule has 0 aromatic carbocycles. The summed E-state index contributed by atoms with van der Waals surface area (Å²) in [6, 6.07) is 0. The molecule has 0 aromatic rings. The summed E-state index contributed by atoms with van der Waals surface area (Å²) in [6.07, 6.45) is 1.65. The van der Waals surface area contributed by atoms with Gasteiger partial charge in [0.15, 0.2) is 0 Å². The molecule has 0 bridgehead atoms. The van der Waals surface area contributed by atoms with Gasteiger partial charge in [-0.1, -0.05) is 5.73 Å². The van der Waals surface area contributed by atoms with Crippen molar-refractivity contribution in [2.45, 2.75) is 13.8 Å². The molecule has 0 aliphatic heterocycles. The van der Waals surface area contributed by atoms with Crippen LogP contribution in [0, 0.1) is 4.91 Å². The fraction of sp³-hybridized carbons (Fsp3) is 0.400. The fourth-order valence-corrected chi connectivity index (χ4v) is 0.235. The number of rotatable bonds is 1. The second-order valence-electron chi connectivity index (χ2n) is 1.11. The average Bonchev–Trinajstić information content (AvgIpc) is 1.68. The Hall–Kier alpha value is -0.880. The van der Waals surface area contributed by atoms with E-state index in [1.54, 1.807) is 19.9 Å². The Morgan fingerprint density at radius 1 is 1.86 bits per heavy atom. The molecule has 0 atom stereocenters. The van der Waals surface area contributed by atoms with Crippen molar-refractivity contribution in [3.05, 3.63) is 22.4 Å². The van der Waals surface area contributed by atoms with E-state index in [0.717, 1.165) is 0 Å². The molecule has 2 heteroatoms. The Kier molecular flexibility index (Phi) is 2.90. The zero-order valence-corrected chi connectivity index (χ0v) is 4.43. The van der Waals surface area contributed by atoms with Crippen LogP contribution in [0.2, 0.25) is 0 Å². The predicted octanol–water partition coefficient (Wildman–Crippen LogP) is 1.83. The highest BCUT2D eigenvalue weighted by atomic mass is 16.3. The minimum atomic E-state index is 0.391. The van der Waals surface area contributed by atoms with E-state index in [0.29, 0.717) is 5.70 Å². The molecule has 0 radical (unpaired) electrons. The Balaban J connectivity index is 4.00. The van der Waals surface area contributed by atoms with Gasteiger partial charge in [-0.05, 0) is 25.1 Å². The van der Waals surface area contributed by atoms with Gasteiger partial charge in [-0.2, -0.15) is 0 Å². The zero-order valence-electron chi connectivity index (χ0n) is 4.43. The summed E-state index contributed by atoms with van der Waals surface area (Å²) in [5.41, 5.74) is 3.00. The van der Waals surface area contributed by atoms with E-state index in [-0.39, 0.29) is 0 Å². The van der Waals surface area contributed by atoms with Crippen molar-refractivity contribution < 1.29 is 0 Å². The maximum Gasteiger partial charge on any atom is 0.123 e. The first kappa shape index (κ1) is 6.12. The minimum Gasteiger partial charge on any atom is -0.144 e. The quantitative estimate of drug-likeness (QED) is 0.362. The van der Waals surface area contributed by atoms with Gasteiger partial charge in [0.1, 0.15) is 5.70 Å². The van der Waals surface area contributed by atoms with Crippen molar-refractivity contribution >= 4 is 0 Å². The molecule has 38 valence electrons. The first-order chi connectivity index (χ1) is 3.31. The van der Waals surface area contributed by atoms with Crippen LogP contribution in [0.15, 0.2) is 22.7 Å². The Labute approximate surface area is 42.5 Å². The minimum absolute atomic E-state index is 0.391. The topological polar surface area (TPSA) is 29.4 Å². The predicted molar refractivity (Wildman–Crippen MR) is 28.7 cm³/mol. The van der Waals surface area contributed by atoms with Gasteiger partial charge in [0, 0.05) is 0 Å². The van der Waals surface area contributed by atoms with Gasteiger partial charge in [0.05, 0.1) is 0 Å². The van der Waals surface area contributed by atoms with Gasteiger partial charge in [0.2, 0.25) is 0 Å². The molecule has 0 aliphatic rings. The van der Waals surface area contributed by atoms with Crippen molar-refractivity contribution in [2.24, 2.45) is 5.18 Å². The molecule has 0 aliphatic carbocycles. The van der Waals surface area contributed by atoms with Crippen molar-refractivity contribution in [3.63, 3.8) is 0 Å². The van der Waals surface area contributed by atoms with Crippen LogP contribution in [-0.4, -0.2) is 0 Å². The van der Waals surface area contributed by atoms with E-state index in [9.17, 15) is 4.91 Å². The number of hydrogen-bond acceptors (Lipinski definition) is 2. The maximum atomic E-state index is 9.53. The molecule has 0 N–H and O–H groups in total. The molecule has 0 spiro atoms. The van der Waals surface area contributed by atoms with E-state index in [1.165, 1.54) is 0 Å². The van der Waals surface area contributed by atoms with Crippen molar-refractivity contribution in [1.82, 2.24) is 0 Å². The Bertz CT molecular complexity index is 120. The molecule has 7 heavy (non-hydrogen) atoms. The summed E-state index contributed by atoms with van der Waals surface area (Å²) < 4.78 is 0. The molecule has 0 heterocycles. The van der Waals surface area contributed by atoms with Gasteiger partial charge in [-0.15, -0.1) is 4.91 Å². The van der Waals surface area contributed by atoms with Crippen LogP contribution < -0.4 is 0 Å². The molecular weight excluding hydrogens is 90.1 g/mol. The Morgan fingerprint density at radius 3 is 2.57 bits per heavy atom. The lowest BCUT2D eigenvalue weighted by Gasteiger charge is -1.68. The molecule has 0 fully saturated rings. The Morgan fingerprint density at radius 2 is 2.43 bits per heavy atom. The lowest BCUT2D eigenvalue weighted by molar-refractivity contribution is 1.30. The monoisotopic (exact) mass is 97.1 g/mol. The molecule has 2 nitrogen and oxygen atoms in total. The van der Waals surface area contributed by atoms with Gasteiger partial charge in [-0.25, -0.2) is 0 Å². The lowest BCUT2D eigenvalue weighted by atomic mass is 10.5. The van der Waals surface area contributed by atoms with Gasteiger partial charge < -0.3 is 0 Å². The molecular formula is C5H7NO. The van der Waals surface area contributed by atoms with Gasteiger partial charge in [0.25, 0.3) is 0 Å². The third-order valence-electron chi connectivity index (χ3n) is 0.490. The molecule has 0 saturated heterocycles. The molecule has 0 saturated carbocycles. The fourth-order valence-electron chi connectivity index (χ4n) is 0.235. The molecule has 0 unspecified atom stereocenters. The van der Waals surface area contributed by atoms with E-state index in [1.807, 2.05) is 0 Å². The van der Waals surface area contributed by atoms with Crippen LogP contribution in [-0.2, 0) is 0 Å². The molecule has 0 aromatic heterocycles. The van der Waals surface area contributed by atoms with Crippen LogP contribution in [0.5, 0.6) is 0 Å². The van der Waals surface area contributed by atoms with Gasteiger partial charge >= 0.3 is 0 Å². The van der Waals surface area contributed by atoms with Crippen LogP contribution in [0.4, 0.5) is 0 Å². The molecule has 0 rings (SSSR count). The summed E-state index contributed by atoms with van der Waals surface area (Å²) in [7, 11) is 0. The van der Waals surface area contributed by atoms with E-state index in [2.05, 4.69) is 10.9 Å². The number of nitroso groups, excluding NO2 is 1. The second-order valence-corrected chi connectivity index (χ2v) is 1.11.